The number of aliphatic hydroxyl groups excluding tert-OH is 1. The molecular formula is C23H32N2O4. The fraction of sp³-hybridized carbons (Fsp3) is 0.565. The Hall–Kier alpha value is -2.34. The first-order valence-electron chi connectivity index (χ1n) is 10.6. The Balaban J connectivity index is 1.69. The molecule has 4 atom stereocenters. The maximum Gasteiger partial charge on any atom is 0.287 e. The van der Waals surface area contributed by atoms with Gasteiger partial charge in [-0.25, -0.2) is 0 Å². The monoisotopic (exact) mass is 400 g/mol. The number of nitrogens with one attached hydrogen (secondary N) is 2. The number of rotatable bonds is 6. The predicted molar refractivity (Wildman–Crippen MR) is 112 cm³/mol. The fourth-order valence-electron chi connectivity index (χ4n) is 3.94. The number of hydrogen-bond acceptors (Lipinski definition) is 4. The van der Waals surface area contributed by atoms with Crippen LogP contribution in [0, 0.1) is 11.8 Å². The first kappa shape index (κ1) is 21.4. The SMILES string of the molecule is CC(C)C[C@H](NC(=O)c1cc2ccccc2o1)C(=O)N[C@H]1CC[C@@H](C)CC[C@@H]1O. The molecule has 2 amide bonds. The summed E-state index contributed by atoms with van der Waals surface area (Å²) in [6.07, 6.45) is 3.34. The number of amides is 2. The standard InChI is InChI=1S/C23H32N2O4/c1-14(2)12-18(22(27)24-17-10-8-15(3)9-11-19(17)26)25-23(28)21-13-16-6-4-5-7-20(16)29-21/h4-7,13-15,17-19,26H,8-12H2,1-3H3,(H,24,27)(H,25,28)/t15-,17+,18+,19+/m1/s1. The van der Waals surface area contributed by atoms with E-state index in [1.165, 1.54) is 0 Å². The van der Waals surface area contributed by atoms with Crippen LogP contribution in [0.3, 0.4) is 0 Å². The van der Waals surface area contributed by atoms with Gasteiger partial charge in [0.2, 0.25) is 5.91 Å². The Morgan fingerprint density at radius 1 is 1.17 bits per heavy atom. The van der Waals surface area contributed by atoms with E-state index in [2.05, 4.69) is 17.6 Å². The van der Waals surface area contributed by atoms with E-state index in [1.54, 1.807) is 12.1 Å². The fourth-order valence-corrected chi connectivity index (χ4v) is 3.94. The van der Waals surface area contributed by atoms with Crippen LogP contribution in [0.5, 0.6) is 0 Å². The molecule has 0 bridgehead atoms. The molecule has 1 heterocycles. The summed E-state index contributed by atoms with van der Waals surface area (Å²) < 4.78 is 5.63. The van der Waals surface area contributed by atoms with E-state index in [9.17, 15) is 14.7 Å². The van der Waals surface area contributed by atoms with Crippen LogP contribution in [0.1, 0.15) is 63.4 Å². The first-order valence-corrected chi connectivity index (χ1v) is 10.6. The van der Waals surface area contributed by atoms with Crippen LogP contribution in [0.2, 0.25) is 0 Å². The number of benzene rings is 1. The largest absolute Gasteiger partial charge is 0.451 e. The van der Waals surface area contributed by atoms with Gasteiger partial charge in [-0.05, 0) is 56.1 Å². The molecule has 158 valence electrons. The highest BCUT2D eigenvalue weighted by atomic mass is 16.3. The van der Waals surface area contributed by atoms with Crippen LogP contribution in [-0.4, -0.2) is 35.1 Å². The van der Waals surface area contributed by atoms with E-state index in [0.29, 0.717) is 24.3 Å². The van der Waals surface area contributed by atoms with Crippen molar-refractivity contribution in [2.45, 2.75) is 71.1 Å². The van der Waals surface area contributed by atoms with Crippen molar-refractivity contribution >= 4 is 22.8 Å². The number of para-hydroxylation sites is 1. The lowest BCUT2D eigenvalue weighted by Gasteiger charge is -2.26. The molecular weight excluding hydrogens is 368 g/mol. The topological polar surface area (TPSA) is 91.6 Å². The van der Waals surface area contributed by atoms with Gasteiger partial charge in [-0.1, -0.05) is 39.0 Å². The van der Waals surface area contributed by atoms with Gasteiger partial charge in [-0.15, -0.1) is 0 Å². The zero-order chi connectivity index (χ0) is 21.0. The summed E-state index contributed by atoms with van der Waals surface area (Å²) in [5, 5.41) is 17.1. The van der Waals surface area contributed by atoms with Crippen molar-refractivity contribution < 1.29 is 19.1 Å². The van der Waals surface area contributed by atoms with Crippen LogP contribution in [-0.2, 0) is 4.79 Å². The molecule has 1 fully saturated rings. The van der Waals surface area contributed by atoms with Gasteiger partial charge in [0.1, 0.15) is 11.6 Å². The number of aliphatic hydroxyl groups is 1. The van der Waals surface area contributed by atoms with E-state index in [1.807, 2.05) is 32.0 Å². The van der Waals surface area contributed by atoms with Crippen LogP contribution < -0.4 is 10.6 Å². The first-order chi connectivity index (χ1) is 13.8. The van der Waals surface area contributed by atoms with Gasteiger partial charge in [0.15, 0.2) is 5.76 Å². The Bertz CT molecular complexity index is 811. The molecule has 1 aliphatic rings. The summed E-state index contributed by atoms with van der Waals surface area (Å²) in [5.74, 6) is 0.307. The minimum Gasteiger partial charge on any atom is -0.451 e. The van der Waals surface area contributed by atoms with E-state index < -0.39 is 18.1 Å². The molecule has 0 unspecified atom stereocenters. The summed E-state index contributed by atoms with van der Waals surface area (Å²) in [7, 11) is 0. The van der Waals surface area contributed by atoms with Crippen molar-refractivity contribution in [3.8, 4) is 0 Å². The zero-order valence-corrected chi connectivity index (χ0v) is 17.5. The van der Waals surface area contributed by atoms with Crippen LogP contribution in [0.25, 0.3) is 11.0 Å². The summed E-state index contributed by atoms with van der Waals surface area (Å²) in [6, 6.07) is 8.15. The Morgan fingerprint density at radius 3 is 2.62 bits per heavy atom. The number of furan rings is 1. The maximum absolute atomic E-state index is 13.0. The minimum absolute atomic E-state index is 0.191. The van der Waals surface area contributed by atoms with E-state index in [0.717, 1.165) is 24.6 Å². The molecule has 6 nitrogen and oxygen atoms in total. The van der Waals surface area contributed by atoms with Crippen molar-refractivity contribution in [2.75, 3.05) is 0 Å². The normalized spacial score (nSPS) is 23.6. The van der Waals surface area contributed by atoms with Crippen molar-refractivity contribution in [2.24, 2.45) is 11.8 Å². The molecule has 3 N–H and O–H groups in total. The Morgan fingerprint density at radius 2 is 1.90 bits per heavy atom. The van der Waals surface area contributed by atoms with Crippen molar-refractivity contribution in [3.05, 3.63) is 36.1 Å². The van der Waals surface area contributed by atoms with Gasteiger partial charge >= 0.3 is 0 Å². The maximum atomic E-state index is 13.0. The third kappa shape index (κ3) is 5.60. The molecule has 2 aromatic rings. The molecule has 0 radical (unpaired) electrons. The highest BCUT2D eigenvalue weighted by Crippen LogP contribution is 2.23. The molecule has 1 saturated carbocycles. The van der Waals surface area contributed by atoms with Gasteiger partial charge < -0.3 is 20.2 Å². The van der Waals surface area contributed by atoms with Gasteiger partial charge in [0.25, 0.3) is 5.91 Å². The Kier molecular flexibility index (Phi) is 6.96. The molecule has 29 heavy (non-hydrogen) atoms. The smallest absolute Gasteiger partial charge is 0.287 e. The lowest BCUT2D eigenvalue weighted by Crippen LogP contribution is -2.52. The number of fused-ring (bicyclic) bond motifs is 1. The van der Waals surface area contributed by atoms with E-state index >= 15 is 0 Å². The second-order valence-corrected chi connectivity index (χ2v) is 8.75. The van der Waals surface area contributed by atoms with E-state index in [4.69, 9.17) is 4.42 Å². The molecule has 0 saturated heterocycles. The minimum atomic E-state index is -0.677. The second kappa shape index (κ2) is 9.44. The van der Waals surface area contributed by atoms with Gasteiger partial charge in [0, 0.05) is 5.39 Å². The predicted octanol–water partition coefficient (Wildman–Crippen LogP) is 3.63. The molecule has 1 aromatic carbocycles. The molecule has 1 aliphatic carbocycles. The molecule has 3 rings (SSSR count). The number of carbonyl (C=O) groups is 2. The van der Waals surface area contributed by atoms with Gasteiger partial charge in [0.05, 0.1) is 12.1 Å². The van der Waals surface area contributed by atoms with Crippen molar-refractivity contribution in [3.63, 3.8) is 0 Å². The average molecular weight is 401 g/mol. The molecule has 0 aliphatic heterocycles. The summed E-state index contributed by atoms with van der Waals surface area (Å²) in [5.41, 5.74) is 0.637. The van der Waals surface area contributed by atoms with E-state index in [-0.39, 0.29) is 23.6 Å². The van der Waals surface area contributed by atoms with Crippen LogP contribution in [0.15, 0.2) is 34.7 Å². The third-order valence-corrected chi connectivity index (χ3v) is 5.70. The third-order valence-electron chi connectivity index (χ3n) is 5.70. The summed E-state index contributed by atoms with van der Waals surface area (Å²) in [6.45, 7) is 6.19. The Labute approximate surface area is 172 Å². The van der Waals surface area contributed by atoms with Crippen LogP contribution in [0.4, 0.5) is 0 Å². The molecule has 1 aromatic heterocycles. The lowest BCUT2D eigenvalue weighted by molar-refractivity contribution is -0.125. The molecule has 0 spiro atoms. The number of carbonyl (C=O) groups excluding carboxylic acids is 2. The van der Waals surface area contributed by atoms with Crippen molar-refractivity contribution in [1.29, 1.82) is 0 Å². The second-order valence-electron chi connectivity index (χ2n) is 8.75. The summed E-state index contributed by atoms with van der Waals surface area (Å²) >= 11 is 0. The average Bonchev–Trinajstić information content (AvgIpc) is 3.05. The van der Waals surface area contributed by atoms with Gasteiger partial charge in [-0.2, -0.15) is 0 Å². The lowest BCUT2D eigenvalue weighted by atomic mass is 10.0. The van der Waals surface area contributed by atoms with Crippen molar-refractivity contribution in [1.82, 2.24) is 10.6 Å². The quantitative estimate of drug-likeness (QED) is 0.646. The van der Waals surface area contributed by atoms with Gasteiger partial charge in [-0.3, -0.25) is 9.59 Å². The highest BCUT2D eigenvalue weighted by molar-refractivity contribution is 5.98. The van der Waals surface area contributed by atoms with Crippen LogP contribution >= 0.6 is 0 Å². The summed E-state index contributed by atoms with van der Waals surface area (Å²) in [4.78, 5) is 25.7. The zero-order valence-electron chi connectivity index (χ0n) is 17.5. The highest BCUT2D eigenvalue weighted by Gasteiger charge is 2.30. The number of hydrogen-bond donors (Lipinski definition) is 3. The molecule has 6 heteroatoms.